The third-order valence-electron chi connectivity index (χ3n) is 8.86. The number of Topliss-reactive ketones (excluding diaryl/α,β-unsaturated/α-hetero) is 1. The smallest absolute Gasteiger partial charge is 0.153 e. The molecule has 4 aliphatic carbocycles. The van der Waals surface area contributed by atoms with Crippen molar-refractivity contribution in [2.75, 3.05) is 0 Å². The van der Waals surface area contributed by atoms with Gasteiger partial charge in [-0.15, -0.1) is 0 Å². The van der Waals surface area contributed by atoms with Crippen molar-refractivity contribution in [1.29, 1.82) is 0 Å². The van der Waals surface area contributed by atoms with Gasteiger partial charge in [0.15, 0.2) is 5.78 Å². The summed E-state index contributed by atoms with van der Waals surface area (Å²) in [5, 5.41) is 2.30. The van der Waals surface area contributed by atoms with E-state index in [9.17, 15) is 4.79 Å². The average Bonchev–Trinajstić information content (AvgIpc) is 3.40. The number of aromatic nitrogens is 2. The number of nitrogens with zero attached hydrogens (tertiary/aromatic N) is 2. The Bertz CT molecular complexity index is 1110. The van der Waals surface area contributed by atoms with Crippen LogP contribution in [-0.4, -0.2) is 15.8 Å². The van der Waals surface area contributed by atoms with E-state index in [-0.39, 0.29) is 10.8 Å². The van der Waals surface area contributed by atoms with E-state index in [1.54, 1.807) is 0 Å². The number of rotatable bonds is 0. The topological polar surface area (TPSA) is 42.9 Å². The van der Waals surface area contributed by atoms with Crippen molar-refractivity contribution in [1.82, 2.24) is 9.97 Å². The zero-order valence-electron chi connectivity index (χ0n) is 15.7. The van der Waals surface area contributed by atoms with E-state index < -0.39 is 0 Å². The summed E-state index contributed by atoms with van der Waals surface area (Å²) in [6, 6.07) is 8.36. The summed E-state index contributed by atoms with van der Waals surface area (Å²) in [6.07, 6.45) is 7.65. The molecule has 134 valence electrons. The minimum absolute atomic E-state index is 0.361. The molecule has 3 heteroatoms. The van der Waals surface area contributed by atoms with Gasteiger partial charge in [0, 0.05) is 23.2 Å². The SMILES string of the molecule is C[C@]12C(=O)[C@](C)(c3c1c1cccnc1c1ncccc31)C1C2[C@@H]2CC[C@H]1C2. The lowest BCUT2D eigenvalue weighted by molar-refractivity contribution is -0.125. The highest BCUT2D eigenvalue weighted by Crippen LogP contribution is 2.75. The molecule has 0 N–H and O–H groups in total. The van der Waals surface area contributed by atoms with Gasteiger partial charge in [-0.2, -0.15) is 0 Å². The van der Waals surface area contributed by atoms with Crippen molar-refractivity contribution in [3.63, 3.8) is 0 Å². The fraction of sp³-hybridized carbons (Fsp3) is 0.458. The second-order valence-electron chi connectivity index (χ2n) is 9.67. The molecule has 3 nitrogen and oxygen atoms in total. The zero-order valence-corrected chi connectivity index (χ0v) is 15.7. The Balaban J connectivity index is 1.73. The summed E-state index contributed by atoms with van der Waals surface area (Å²) in [4.78, 5) is 23.5. The van der Waals surface area contributed by atoms with Crippen LogP contribution in [0.15, 0.2) is 36.7 Å². The fourth-order valence-corrected chi connectivity index (χ4v) is 8.29. The monoisotopic (exact) mass is 354 g/mol. The summed E-state index contributed by atoms with van der Waals surface area (Å²) in [6.45, 7) is 4.53. The molecule has 2 aromatic heterocycles. The predicted octanol–water partition coefficient (Wildman–Crippen LogP) is 4.56. The predicted molar refractivity (Wildman–Crippen MR) is 105 cm³/mol. The minimum atomic E-state index is -0.361. The van der Waals surface area contributed by atoms with Crippen LogP contribution in [0.3, 0.4) is 0 Å². The molecule has 0 radical (unpaired) electrons. The van der Waals surface area contributed by atoms with Crippen LogP contribution in [0.1, 0.15) is 44.2 Å². The van der Waals surface area contributed by atoms with Gasteiger partial charge < -0.3 is 0 Å². The molecule has 2 unspecified atom stereocenters. The molecule has 6 atom stereocenters. The summed E-state index contributed by atoms with van der Waals surface area (Å²) < 4.78 is 0. The normalized spacial score (nSPS) is 40.9. The lowest BCUT2D eigenvalue weighted by atomic mass is 9.59. The molecule has 3 aromatic rings. The highest BCUT2D eigenvalue weighted by atomic mass is 16.1. The quantitative estimate of drug-likeness (QED) is 0.439. The van der Waals surface area contributed by atoms with Crippen LogP contribution in [0.4, 0.5) is 0 Å². The van der Waals surface area contributed by atoms with Crippen molar-refractivity contribution in [3.05, 3.63) is 47.8 Å². The largest absolute Gasteiger partial charge is 0.298 e. The number of carbonyl (C=O) groups excluding carboxylic acids is 1. The van der Waals surface area contributed by atoms with Gasteiger partial charge in [-0.05, 0) is 80.0 Å². The molecule has 0 spiro atoms. The molecule has 1 aromatic carbocycles. The lowest BCUT2D eigenvalue weighted by Gasteiger charge is -2.43. The van der Waals surface area contributed by atoms with Crippen molar-refractivity contribution >= 4 is 27.6 Å². The Morgan fingerprint density at radius 1 is 0.852 bits per heavy atom. The maximum atomic E-state index is 14.0. The van der Waals surface area contributed by atoms with Gasteiger partial charge in [-0.1, -0.05) is 12.1 Å². The second kappa shape index (κ2) is 4.24. The third-order valence-corrected chi connectivity index (χ3v) is 8.86. The second-order valence-corrected chi connectivity index (χ2v) is 9.67. The third kappa shape index (κ3) is 1.30. The first-order chi connectivity index (χ1) is 13.1. The molecule has 4 bridgehead atoms. The number of hydrogen-bond acceptors (Lipinski definition) is 3. The molecule has 27 heavy (non-hydrogen) atoms. The first kappa shape index (κ1) is 14.7. The van der Waals surface area contributed by atoms with E-state index in [2.05, 4.69) is 26.0 Å². The Labute approximate surface area is 158 Å². The van der Waals surface area contributed by atoms with Crippen molar-refractivity contribution in [3.8, 4) is 0 Å². The first-order valence-corrected chi connectivity index (χ1v) is 10.3. The molecule has 3 fully saturated rings. The van der Waals surface area contributed by atoms with E-state index >= 15 is 0 Å². The summed E-state index contributed by atoms with van der Waals surface area (Å²) >= 11 is 0. The Kier molecular flexibility index (Phi) is 2.31. The van der Waals surface area contributed by atoms with Crippen LogP contribution in [0, 0.1) is 23.7 Å². The molecule has 4 aliphatic rings. The Hall–Kier alpha value is -2.29. The van der Waals surface area contributed by atoms with E-state index in [0.29, 0.717) is 17.6 Å². The summed E-state index contributed by atoms with van der Waals surface area (Å²) in [5.41, 5.74) is 3.76. The maximum absolute atomic E-state index is 14.0. The molecular formula is C24H22N2O. The van der Waals surface area contributed by atoms with E-state index in [0.717, 1.165) is 33.6 Å². The number of carbonyl (C=O) groups is 1. The minimum Gasteiger partial charge on any atom is -0.298 e. The van der Waals surface area contributed by atoms with Gasteiger partial charge >= 0.3 is 0 Å². The lowest BCUT2D eigenvalue weighted by Crippen LogP contribution is -2.40. The van der Waals surface area contributed by atoms with Gasteiger partial charge in [-0.25, -0.2) is 0 Å². The van der Waals surface area contributed by atoms with Gasteiger partial charge in [0.2, 0.25) is 0 Å². The molecule has 0 saturated heterocycles. The number of fused-ring (bicyclic) bond motifs is 17. The van der Waals surface area contributed by atoms with Crippen LogP contribution in [0.5, 0.6) is 0 Å². The van der Waals surface area contributed by atoms with Crippen LogP contribution in [-0.2, 0) is 15.6 Å². The van der Waals surface area contributed by atoms with E-state index in [1.807, 2.05) is 24.5 Å². The highest BCUT2D eigenvalue weighted by Gasteiger charge is 2.76. The number of ketones is 1. The fourth-order valence-electron chi connectivity index (χ4n) is 8.29. The van der Waals surface area contributed by atoms with Crippen LogP contribution < -0.4 is 0 Å². The first-order valence-electron chi connectivity index (χ1n) is 10.3. The van der Waals surface area contributed by atoms with E-state index in [1.165, 1.54) is 30.4 Å². The van der Waals surface area contributed by atoms with Crippen molar-refractivity contribution < 1.29 is 4.79 Å². The standard InChI is InChI=1S/C24H22N2O/c1-23-16-12-7-8-13(11-12)17(16)24(2,22(23)27)19-15-6-4-10-26-21(15)20-14(18(19)23)5-3-9-25-20/h3-6,9-10,12-13,16-17H,7-8,11H2,1-2H3/t12-,13+,16?,17?,23-,24+. The number of benzene rings is 1. The maximum Gasteiger partial charge on any atom is 0.153 e. The zero-order chi connectivity index (χ0) is 18.1. The van der Waals surface area contributed by atoms with E-state index in [4.69, 9.17) is 9.97 Å². The van der Waals surface area contributed by atoms with Gasteiger partial charge in [0.1, 0.15) is 0 Å². The molecular weight excluding hydrogens is 332 g/mol. The number of pyridine rings is 2. The average molecular weight is 354 g/mol. The Morgan fingerprint density at radius 2 is 1.33 bits per heavy atom. The molecule has 2 heterocycles. The highest BCUT2D eigenvalue weighted by molar-refractivity contribution is 6.18. The van der Waals surface area contributed by atoms with Crippen LogP contribution >= 0.6 is 0 Å². The van der Waals surface area contributed by atoms with Gasteiger partial charge in [0.05, 0.1) is 21.9 Å². The van der Waals surface area contributed by atoms with Crippen molar-refractivity contribution in [2.45, 2.75) is 43.9 Å². The Morgan fingerprint density at radius 3 is 1.81 bits per heavy atom. The van der Waals surface area contributed by atoms with Crippen LogP contribution in [0.25, 0.3) is 21.8 Å². The van der Waals surface area contributed by atoms with Crippen molar-refractivity contribution in [2.24, 2.45) is 23.7 Å². The summed E-state index contributed by atoms with van der Waals surface area (Å²) in [5.74, 6) is 2.94. The van der Waals surface area contributed by atoms with Gasteiger partial charge in [0.25, 0.3) is 0 Å². The van der Waals surface area contributed by atoms with Crippen LogP contribution in [0.2, 0.25) is 0 Å². The molecule has 0 aliphatic heterocycles. The van der Waals surface area contributed by atoms with Gasteiger partial charge in [-0.3, -0.25) is 14.8 Å². The molecule has 3 saturated carbocycles. The summed E-state index contributed by atoms with van der Waals surface area (Å²) in [7, 11) is 0. The number of hydrogen-bond donors (Lipinski definition) is 0. The molecule has 7 rings (SSSR count). The molecule has 0 amide bonds.